The van der Waals surface area contributed by atoms with E-state index in [1.807, 2.05) is 12.1 Å². The number of aromatic nitrogens is 5. The molecule has 0 atom stereocenters. The van der Waals surface area contributed by atoms with Crippen LogP contribution in [0.3, 0.4) is 0 Å². The van der Waals surface area contributed by atoms with Crippen molar-refractivity contribution in [1.82, 2.24) is 24.5 Å². The summed E-state index contributed by atoms with van der Waals surface area (Å²) in [5.74, 6) is 0. The number of H-pyrrole nitrogens is 1. The number of fused-ring (bicyclic) bond motifs is 1. The first-order valence-corrected chi connectivity index (χ1v) is 7.46. The molecule has 4 N–H and O–H groups in total. The topological polar surface area (TPSA) is 126 Å². The molecular formula is C17H13N7O. The predicted molar refractivity (Wildman–Crippen MR) is 95.0 cm³/mol. The third kappa shape index (κ3) is 2.45. The molecular weight excluding hydrogens is 318 g/mol. The Bertz CT molecular complexity index is 1140. The molecule has 0 saturated carbocycles. The number of nitrogens with zero attached hydrogens (tertiary/aromatic N) is 4. The van der Waals surface area contributed by atoms with Crippen molar-refractivity contribution >= 4 is 23.2 Å². The zero-order valence-electron chi connectivity index (χ0n) is 13.0. The summed E-state index contributed by atoms with van der Waals surface area (Å²) < 4.78 is 1.41. The molecule has 8 heteroatoms. The fourth-order valence-electron chi connectivity index (χ4n) is 2.61. The summed E-state index contributed by atoms with van der Waals surface area (Å²) in [4.78, 5) is 27.9. The maximum absolute atomic E-state index is 12.4. The lowest BCUT2D eigenvalue weighted by atomic mass is 10.2. The first kappa shape index (κ1) is 14.8. The van der Waals surface area contributed by atoms with E-state index >= 15 is 0 Å². The number of anilines is 1. The molecule has 0 aliphatic rings. The highest BCUT2D eigenvalue weighted by molar-refractivity contribution is 5.86. The van der Waals surface area contributed by atoms with Crippen LogP contribution in [0, 0.1) is 5.41 Å². The Balaban J connectivity index is 1.94. The average Bonchev–Trinajstić information content (AvgIpc) is 2.97. The number of aromatic amines is 1. The van der Waals surface area contributed by atoms with Crippen molar-refractivity contribution in [3.8, 4) is 16.9 Å². The summed E-state index contributed by atoms with van der Waals surface area (Å²) in [7, 11) is 0. The van der Waals surface area contributed by atoms with Gasteiger partial charge in [0.1, 0.15) is 0 Å². The fourth-order valence-corrected chi connectivity index (χ4v) is 2.61. The molecule has 0 amide bonds. The number of nitrogen functional groups attached to an aromatic ring is 1. The number of hydrogen-bond acceptors (Lipinski definition) is 6. The minimum absolute atomic E-state index is 0.358. The average molecular weight is 331 g/mol. The SMILES string of the molecule is N=Cc1ccc(-n2c(=O)[nH]c3ncc(-c4ccncc4)nc32)cc1N. The van der Waals surface area contributed by atoms with Crippen LogP contribution in [0.1, 0.15) is 5.56 Å². The highest BCUT2D eigenvalue weighted by Crippen LogP contribution is 2.20. The number of nitrogens with one attached hydrogen (secondary N) is 2. The summed E-state index contributed by atoms with van der Waals surface area (Å²) in [6.07, 6.45) is 6.10. The lowest BCUT2D eigenvalue weighted by molar-refractivity contribution is 1.00. The van der Waals surface area contributed by atoms with E-state index in [1.165, 1.54) is 10.8 Å². The van der Waals surface area contributed by atoms with Gasteiger partial charge >= 0.3 is 5.69 Å². The van der Waals surface area contributed by atoms with Gasteiger partial charge in [0, 0.05) is 35.4 Å². The standard InChI is InChI=1S/C17H13N7O/c18-8-11-1-2-12(7-13(11)19)24-16-15(23-17(24)25)21-9-14(22-16)10-3-5-20-6-4-10/h1-9,18H,19H2,(H,21,23,25). The van der Waals surface area contributed by atoms with Crippen LogP contribution in [0.2, 0.25) is 0 Å². The van der Waals surface area contributed by atoms with E-state index in [0.717, 1.165) is 5.56 Å². The van der Waals surface area contributed by atoms with Gasteiger partial charge in [-0.3, -0.25) is 9.97 Å². The Morgan fingerprint density at radius 1 is 1.20 bits per heavy atom. The molecule has 122 valence electrons. The van der Waals surface area contributed by atoms with Crippen LogP contribution in [-0.2, 0) is 0 Å². The van der Waals surface area contributed by atoms with Gasteiger partial charge in [-0.1, -0.05) is 0 Å². The van der Waals surface area contributed by atoms with Crippen molar-refractivity contribution in [2.24, 2.45) is 0 Å². The highest BCUT2D eigenvalue weighted by Gasteiger charge is 2.13. The quantitative estimate of drug-likeness (QED) is 0.389. The lowest BCUT2D eigenvalue weighted by Gasteiger charge is -2.06. The molecule has 4 rings (SSSR count). The van der Waals surface area contributed by atoms with Crippen LogP contribution in [0.5, 0.6) is 0 Å². The molecule has 0 fully saturated rings. The van der Waals surface area contributed by atoms with E-state index in [9.17, 15) is 4.79 Å². The second-order valence-corrected chi connectivity index (χ2v) is 5.39. The molecule has 0 saturated heterocycles. The Morgan fingerprint density at radius 3 is 2.72 bits per heavy atom. The van der Waals surface area contributed by atoms with Gasteiger partial charge in [0.25, 0.3) is 0 Å². The van der Waals surface area contributed by atoms with Crippen LogP contribution in [0.25, 0.3) is 28.2 Å². The van der Waals surface area contributed by atoms with Crippen molar-refractivity contribution in [2.45, 2.75) is 0 Å². The van der Waals surface area contributed by atoms with Gasteiger partial charge in [0.15, 0.2) is 11.3 Å². The van der Waals surface area contributed by atoms with Crippen molar-refractivity contribution in [3.63, 3.8) is 0 Å². The second kappa shape index (κ2) is 5.68. The Morgan fingerprint density at radius 2 is 2.00 bits per heavy atom. The maximum Gasteiger partial charge on any atom is 0.333 e. The van der Waals surface area contributed by atoms with Gasteiger partial charge in [-0.15, -0.1) is 0 Å². The zero-order valence-corrected chi connectivity index (χ0v) is 13.0. The van der Waals surface area contributed by atoms with E-state index in [0.29, 0.717) is 33.9 Å². The van der Waals surface area contributed by atoms with Crippen LogP contribution in [0.4, 0.5) is 5.69 Å². The molecule has 4 aromatic rings. The zero-order chi connectivity index (χ0) is 17.4. The van der Waals surface area contributed by atoms with Crippen LogP contribution in [-0.4, -0.2) is 30.7 Å². The van der Waals surface area contributed by atoms with E-state index < -0.39 is 0 Å². The van der Waals surface area contributed by atoms with Gasteiger partial charge in [0.2, 0.25) is 0 Å². The van der Waals surface area contributed by atoms with Gasteiger partial charge in [-0.25, -0.2) is 19.3 Å². The molecule has 3 heterocycles. The summed E-state index contributed by atoms with van der Waals surface area (Å²) in [5, 5.41) is 7.32. The highest BCUT2D eigenvalue weighted by atomic mass is 16.1. The summed E-state index contributed by atoms with van der Waals surface area (Å²) >= 11 is 0. The number of rotatable bonds is 3. The first-order chi connectivity index (χ1) is 12.2. The van der Waals surface area contributed by atoms with Gasteiger partial charge < -0.3 is 11.1 Å². The normalized spacial score (nSPS) is 10.9. The molecule has 3 aromatic heterocycles. The predicted octanol–water partition coefficient (Wildman–Crippen LogP) is 1.75. The summed E-state index contributed by atoms with van der Waals surface area (Å²) in [5.41, 5.74) is 9.40. The molecule has 0 radical (unpaired) electrons. The number of benzene rings is 1. The van der Waals surface area contributed by atoms with Crippen molar-refractivity contribution in [1.29, 1.82) is 5.41 Å². The molecule has 1 aromatic carbocycles. The number of imidazole rings is 1. The molecule has 0 bridgehead atoms. The lowest BCUT2D eigenvalue weighted by Crippen LogP contribution is -2.15. The van der Waals surface area contributed by atoms with Crippen molar-refractivity contribution in [3.05, 3.63) is 65.0 Å². The van der Waals surface area contributed by atoms with E-state index in [2.05, 4.69) is 19.9 Å². The maximum atomic E-state index is 12.4. The van der Waals surface area contributed by atoms with Crippen LogP contribution in [0.15, 0.2) is 53.7 Å². The van der Waals surface area contributed by atoms with Gasteiger partial charge in [-0.2, -0.15) is 0 Å². The van der Waals surface area contributed by atoms with E-state index in [4.69, 9.17) is 11.1 Å². The summed E-state index contributed by atoms with van der Waals surface area (Å²) in [6.45, 7) is 0. The third-order valence-corrected chi connectivity index (χ3v) is 3.85. The van der Waals surface area contributed by atoms with E-state index in [-0.39, 0.29) is 5.69 Å². The van der Waals surface area contributed by atoms with E-state index in [1.54, 1.807) is 36.8 Å². The fraction of sp³-hybridized carbons (Fsp3) is 0. The molecule has 0 spiro atoms. The van der Waals surface area contributed by atoms with Crippen molar-refractivity contribution in [2.75, 3.05) is 5.73 Å². The number of pyridine rings is 1. The van der Waals surface area contributed by atoms with Gasteiger partial charge in [0.05, 0.1) is 17.6 Å². The Kier molecular flexibility index (Phi) is 3.35. The summed E-state index contributed by atoms with van der Waals surface area (Å²) in [6, 6.07) is 8.68. The smallest absolute Gasteiger partial charge is 0.333 e. The monoisotopic (exact) mass is 331 g/mol. The van der Waals surface area contributed by atoms with Crippen LogP contribution < -0.4 is 11.4 Å². The van der Waals surface area contributed by atoms with Gasteiger partial charge in [-0.05, 0) is 30.3 Å². The minimum Gasteiger partial charge on any atom is -0.398 e. The minimum atomic E-state index is -0.358. The third-order valence-electron chi connectivity index (χ3n) is 3.85. The molecule has 0 aliphatic heterocycles. The first-order valence-electron chi connectivity index (χ1n) is 7.46. The molecule has 0 aliphatic carbocycles. The van der Waals surface area contributed by atoms with Crippen LogP contribution >= 0.6 is 0 Å². The number of nitrogens with two attached hydrogens (primary N) is 1. The number of hydrogen-bond donors (Lipinski definition) is 3. The van der Waals surface area contributed by atoms with Crippen molar-refractivity contribution < 1.29 is 0 Å². The molecule has 0 unspecified atom stereocenters. The molecule has 25 heavy (non-hydrogen) atoms. The second-order valence-electron chi connectivity index (χ2n) is 5.39. The Labute approximate surface area is 141 Å². The molecule has 8 nitrogen and oxygen atoms in total. The largest absolute Gasteiger partial charge is 0.398 e. The Hall–Kier alpha value is -3.81.